The number of ether oxygens (including phenoxy) is 1. The Balaban J connectivity index is 1.88. The van der Waals surface area contributed by atoms with E-state index >= 15 is 0 Å². The zero-order valence-corrected chi connectivity index (χ0v) is 22.4. The molecule has 0 radical (unpaired) electrons. The molecule has 0 aromatic heterocycles. The molecule has 1 saturated carbocycles. The van der Waals surface area contributed by atoms with Crippen molar-refractivity contribution < 1.29 is 27.9 Å². The molecule has 1 aliphatic rings. The molecule has 0 bridgehead atoms. The number of nitrogens with two attached hydrogens (primary N) is 1. The summed E-state index contributed by atoms with van der Waals surface area (Å²) in [5.74, 6) is -0.668. The van der Waals surface area contributed by atoms with Crippen molar-refractivity contribution in [3.8, 4) is 5.75 Å². The molecule has 1 fully saturated rings. The van der Waals surface area contributed by atoms with Crippen molar-refractivity contribution in [2.75, 3.05) is 20.2 Å². The second kappa shape index (κ2) is 12.1. The average molecular weight is 532 g/mol. The van der Waals surface area contributed by atoms with Crippen LogP contribution in [0, 0.1) is 11.3 Å². The number of nitrogens with one attached hydrogen (secondary N) is 1. The number of aliphatic hydroxyl groups excluding tert-OH is 1. The van der Waals surface area contributed by atoms with Crippen molar-refractivity contribution >= 4 is 21.8 Å². The summed E-state index contributed by atoms with van der Waals surface area (Å²) < 4.78 is 33.6. The molecular formula is C27H37N3O6S. The second-order valence-electron chi connectivity index (χ2n) is 9.79. The molecule has 2 amide bonds. The first-order valence-corrected chi connectivity index (χ1v) is 13.9. The maximum atomic E-state index is 13.6. The van der Waals surface area contributed by atoms with Crippen LogP contribution in [-0.2, 0) is 26.0 Å². The monoisotopic (exact) mass is 531 g/mol. The molecule has 0 heterocycles. The van der Waals surface area contributed by atoms with E-state index in [1.54, 1.807) is 12.1 Å². The molecule has 0 aliphatic heterocycles. The predicted molar refractivity (Wildman–Crippen MR) is 140 cm³/mol. The standard InChI is InChI=1S/C27H37N3O6S/c1-4-19(2)17-30(37(34,35)22-12-10-21(36-3)11-13-22)18-24(31)23(16-20-8-6-5-7-9-20)29-26(33)27(14-15-27)25(28)32/h5-13,19,23-24,31H,4,14-18H2,1-3H3,(H2,28,32)(H,29,33)/t19-,23?,24?/m0/s1. The van der Waals surface area contributed by atoms with Gasteiger partial charge in [-0.3, -0.25) is 9.59 Å². The third-order valence-electron chi connectivity index (χ3n) is 7.04. The summed E-state index contributed by atoms with van der Waals surface area (Å²) in [5, 5.41) is 14.1. The van der Waals surface area contributed by atoms with E-state index in [0.717, 1.165) is 12.0 Å². The van der Waals surface area contributed by atoms with E-state index in [-0.39, 0.29) is 30.3 Å². The Morgan fingerprint density at radius 3 is 2.24 bits per heavy atom. The summed E-state index contributed by atoms with van der Waals surface area (Å²) in [6.45, 7) is 3.87. The molecule has 0 spiro atoms. The normalized spacial score (nSPS) is 17.0. The quantitative estimate of drug-likeness (QED) is 0.319. The third kappa shape index (κ3) is 6.88. The highest BCUT2D eigenvalue weighted by atomic mass is 32.2. The number of benzene rings is 2. The van der Waals surface area contributed by atoms with Crippen LogP contribution < -0.4 is 15.8 Å². The summed E-state index contributed by atoms with van der Waals surface area (Å²) in [6, 6.07) is 14.5. The van der Waals surface area contributed by atoms with Gasteiger partial charge in [0.1, 0.15) is 11.2 Å². The van der Waals surface area contributed by atoms with Gasteiger partial charge in [-0.1, -0.05) is 50.6 Å². The summed E-state index contributed by atoms with van der Waals surface area (Å²) in [4.78, 5) is 25.0. The van der Waals surface area contributed by atoms with Crippen molar-refractivity contribution in [3.63, 3.8) is 0 Å². The summed E-state index contributed by atoms with van der Waals surface area (Å²) in [5.41, 5.74) is 5.06. The molecule has 202 valence electrons. The Bertz CT molecular complexity index is 1170. The van der Waals surface area contributed by atoms with Crippen LogP contribution in [0.2, 0.25) is 0 Å². The number of amides is 2. The first kappa shape index (κ1) is 28.6. The number of hydrogen-bond acceptors (Lipinski definition) is 6. The minimum Gasteiger partial charge on any atom is -0.497 e. The van der Waals surface area contributed by atoms with Crippen molar-refractivity contribution in [1.82, 2.24) is 9.62 Å². The molecule has 2 unspecified atom stereocenters. The van der Waals surface area contributed by atoms with Crippen molar-refractivity contribution in [3.05, 3.63) is 60.2 Å². The molecule has 3 rings (SSSR count). The van der Waals surface area contributed by atoms with Gasteiger partial charge in [-0.2, -0.15) is 4.31 Å². The fraction of sp³-hybridized carbons (Fsp3) is 0.481. The first-order valence-electron chi connectivity index (χ1n) is 12.5. The number of hydrogen-bond donors (Lipinski definition) is 3. The molecule has 3 atom stereocenters. The zero-order valence-electron chi connectivity index (χ0n) is 21.6. The second-order valence-corrected chi connectivity index (χ2v) is 11.7. The van der Waals surface area contributed by atoms with Crippen LogP contribution >= 0.6 is 0 Å². The van der Waals surface area contributed by atoms with Crippen LogP contribution in [0.4, 0.5) is 0 Å². The van der Waals surface area contributed by atoms with Gasteiger partial charge in [0.2, 0.25) is 21.8 Å². The molecule has 2 aromatic rings. The van der Waals surface area contributed by atoms with E-state index in [9.17, 15) is 23.1 Å². The lowest BCUT2D eigenvalue weighted by atomic mass is 9.98. The molecule has 4 N–H and O–H groups in total. The minimum atomic E-state index is -3.96. The Labute approximate surface area is 219 Å². The maximum absolute atomic E-state index is 13.6. The number of methoxy groups -OCH3 is 1. The van der Waals surface area contributed by atoms with E-state index in [4.69, 9.17) is 10.5 Å². The Morgan fingerprint density at radius 1 is 1.11 bits per heavy atom. The summed E-state index contributed by atoms with van der Waals surface area (Å²) in [7, 11) is -2.46. The Hall–Kier alpha value is -2.95. The van der Waals surface area contributed by atoms with Crippen LogP contribution in [0.5, 0.6) is 5.75 Å². The number of nitrogens with zero attached hydrogens (tertiary/aromatic N) is 1. The highest BCUT2D eigenvalue weighted by Gasteiger charge is 2.56. The number of aliphatic hydroxyl groups is 1. The molecule has 9 nitrogen and oxygen atoms in total. The number of primary amides is 1. The topological polar surface area (TPSA) is 139 Å². The van der Waals surface area contributed by atoms with Gasteiger partial charge in [-0.15, -0.1) is 0 Å². The van der Waals surface area contributed by atoms with Gasteiger partial charge in [0.25, 0.3) is 0 Å². The van der Waals surface area contributed by atoms with Crippen molar-refractivity contribution in [2.45, 2.75) is 56.6 Å². The number of carbonyl (C=O) groups is 2. The van der Waals surface area contributed by atoms with Gasteiger partial charge in [-0.05, 0) is 55.0 Å². The Morgan fingerprint density at radius 2 is 1.73 bits per heavy atom. The van der Waals surface area contributed by atoms with Gasteiger partial charge in [0.05, 0.1) is 24.2 Å². The predicted octanol–water partition coefficient (Wildman–Crippen LogP) is 2.09. The number of carbonyl (C=O) groups excluding carboxylic acids is 2. The van der Waals surface area contributed by atoms with Gasteiger partial charge in [0.15, 0.2) is 0 Å². The van der Waals surface area contributed by atoms with E-state index in [1.165, 1.54) is 23.5 Å². The van der Waals surface area contributed by atoms with Crippen LogP contribution in [0.3, 0.4) is 0 Å². The minimum absolute atomic E-state index is 0.0342. The van der Waals surface area contributed by atoms with E-state index < -0.39 is 39.4 Å². The highest BCUT2D eigenvalue weighted by molar-refractivity contribution is 7.89. The lowest BCUT2D eigenvalue weighted by Crippen LogP contribution is -2.54. The van der Waals surface area contributed by atoms with Gasteiger partial charge in [-0.25, -0.2) is 8.42 Å². The lowest BCUT2D eigenvalue weighted by Gasteiger charge is -2.31. The molecule has 1 aliphatic carbocycles. The van der Waals surface area contributed by atoms with E-state index in [2.05, 4.69) is 5.32 Å². The first-order chi connectivity index (χ1) is 17.5. The van der Waals surface area contributed by atoms with Crippen LogP contribution in [0.1, 0.15) is 38.7 Å². The fourth-order valence-electron chi connectivity index (χ4n) is 4.15. The van der Waals surface area contributed by atoms with E-state index in [0.29, 0.717) is 18.6 Å². The van der Waals surface area contributed by atoms with Crippen molar-refractivity contribution in [1.29, 1.82) is 0 Å². The van der Waals surface area contributed by atoms with Gasteiger partial charge in [0, 0.05) is 13.1 Å². The number of rotatable bonds is 14. The fourth-order valence-corrected chi connectivity index (χ4v) is 5.73. The summed E-state index contributed by atoms with van der Waals surface area (Å²) >= 11 is 0. The van der Waals surface area contributed by atoms with Crippen LogP contribution in [0.15, 0.2) is 59.5 Å². The van der Waals surface area contributed by atoms with Gasteiger partial charge < -0.3 is 20.9 Å². The molecule has 37 heavy (non-hydrogen) atoms. The van der Waals surface area contributed by atoms with Crippen LogP contribution in [0.25, 0.3) is 0 Å². The largest absolute Gasteiger partial charge is 0.497 e. The van der Waals surface area contributed by atoms with Crippen molar-refractivity contribution in [2.24, 2.45) is 17.1 Å². The third-order valence-corrected chi connectivity index (χ3v) is 8.88. The zero-order chi connectivity index (χ0) is 27.2. The smallest absolute Gasteiger partial charge is 0.243 e. The molecule has 10 heteroatoms. The average Bonchev–Trinajstić information content (AvgIpc) is 3.71. The lowest BCUT2D eigenvalue weighted by molar-refractivity contribution is -0.136. The van der Waals surface area contributed by atoms with E-state index in [1.807, 2.05) is 44.2 Å². The molecular weight excluding hydrogens is 494 g/mol. The van der Waals surface area contributed by atoms with Gasteiger partial charge >= 0.3 is 0 Å². The Kier molecular flexibility index (Phi) is 9.33. The molecule has 2 aromatic carbocycles. The number of sulfonamides is 1. The highest BCUT2D eigenvalue weighted by Crippen LogP contribution is 2.45. The molecule has 0 saturated heterocycles. The summed E-state index contributed by atoms with van der Waals surface area (Å²) in [6.07, 6.45) is 0.464. The van der Waals surface area contributed by atoms with Crippen LogP contribution in [-0.4, -0.2) is 62.0 Å². The SMILES string of the molecule is CC[C@H](C)CN(CC(O)C(Cc1ccccc1)NC(=O)C1(C(N)=O)CC1)S(=O)(=O)c1ccc(OC)cc1. The maximum Gasteiger partial charge on any atom is 0.243 e.